The third-order valence-electron chi connectivity index (χ3n) is 6.66. The van der Waals surface area contributed by atoms with Crippen LogP contribution in [0.5, 0.6) is 0 Å². The Balaban J connectivity index is 1.30. The molecule has 0 unspecified atom stereocenters. The van der Waals surface area contributed by atoms with Crippen LogP contribution in [-0.4, -0.2) is 53.6 Å². The third kappa shape index (κ3) is 7.06. The molecule has 190 valence electrons. The lowest BCUT2D eigenvalue weighted by molar-refractivity contribution is -0.149. The second-order valence-corrected chi connectivity index (χ2v) is 10.3. The van der Waals surface area contributed by atoms with Crippen molar-refractivity contribution in [1.29, 1.82) is 0 Å². The quantitative estimate of drug-likeness (QED) is 0.508. The minimum absolute atomic E-state index is 0.134. The number of hydrogen-bond acceptors (Lipinski definition) is 7. The van der Waals surface area contributed by atoms with Gasteiger partial charge < -0.3 is 24.7 Å². The summed E-state index contributed by atoms with van der Waals surface area (Å²) in [5.41, 5.74) is 0.859. The number of rotatable bonds is 9. The first-order valence-corrected chi connectivity index (χ1v) is 13.4. The van der Waals surface area contributed by atoms with Crippen LogP contribution < -0.4 is 10.6 Å². The van der Waals surface area contributed by atoms with Crippen LogP contribution in [-0.2, 0) is 30.4 Å². The number of nitrogens with zero attached hydrogens (tertiary/aromatic N) is 1. The smallest absolute Gasteiger partial charge is 0.355 e. The van der Waals surface area contributed by atoms with Gasteiger partial charge in [0.05, 0.1) is 10.2 Å². The van der Waals surface area contributed by atoms with E-state index in [0.29, 0.717) is 5.52 Å². The molecule has 0 aliphatic heterocycles. The number of carbonyl (C=O) groups is 4. The fourth-order valence-electron chi connectivity index (χ4n) is 4.87. The Morgan fingerprint density at radius 2 is 1.43 bits per heavy atom. The van der Waals surface area contributed by atoms with Gasteiger partial charge in [-0.05, 0) is 43.2 Å². The van der Waals surface area contributed by atoms with Crippen LogP contribution in [0.25, 0.3) is 10.2 Å². The van der Waals surface area contributed by atoms with Gasteiger partial charge in [-0.15, -0.1) is 11.3 Å². The molecule has 0 atom stereocenters. The molecule has 2 fully saturated rings. The molecule has 2 amide bonds. The lowest BCUT2D eigenvalue weighted by atomic mass is 9.95. The number of hydrogen-bond donors (Lipinski definition) is 2. The van der Waals surface area contributed by atoms with E-state index in [1.807, 2.05) is 5.38 Å². The number of nitrogens with one attached hydrogen (secondary N) is 2. The average Bonchev–Trinajstić information content (AvgIpc) is 3.45. The number of esters is 2. The van der Waals surface area contributed by atoms with Crippen LogP contribution in [0.15, 0.2) is 17.5 Å². The van der Waals surface area contributed by atoms with Gasteiger partial charge in [0.15, 0.2) is 13.2 Å². The van der Waals surface area contributed by atoms with E-state index in [2.05, 4.69) is 10.6 Å². The van der Waals surface area contributed by atoms with Crippen molar-refractivity contribution in [3.05, 3.63) is 23.2 Å². The van der Waals surface area contributed by atoms with Gasteiger partial charge in [0.25, 0.3) is 11.8 Å². The molecule has 10 heteroatoms. The molecule has 0 spiro atoms. The maximum atomic E-state index is 12.8. The van der Waals surface area contributed by atoms with Gasteiger partial charge in [-0.1, -0.05) is 38.5 Å². The Morgan fingerprint density at radius 1 is 0.857 bits per heavy atom. The largest absolute Gasteiger partial charge is 0.454 e. The predicted molar refractivity (Wildman–Crippen MR) is 131 cm³/mol. The highest BCUT2D eigenvalue weighted by Crippen LogP contribution is 2.26. The SMILES string of the molecule is O=C(COC(=O)Cn1c(C(=O)OCC(=O)NC2CCCCC2)cc2sccc21)NC1CCCCC1. The number of carbonyl (C=O) groups excluding carboxylic acids is 4. The molecule has 4 rings (SSSR count). The second-order valence-electron chi connectivity index (χ2n) is 9.33. The monoisotopic (exact) mass is 503 g/mol. The van der Waals surface area contributed by atoms with E-state index in [9.17, 15) is 19.2 Å². The van der Waals surface area contributed by atoms with Crippen LogP contribution in [0.3, 0.4) is 0 Å². The standard InChI is InChI=1S/C25H33N3O6S/c29-22(26-17-7-3-1-4-8-17)15-33-24(31)14-28-19-11-12-35-21(19)13-20(28)25(32)34-16-23(30)27-18-9-5-2-6-10-18/h11-13,17-18H,1-10,14-16H2,(H,26,29)(H,27,30). The third-order valence-corrected chi connectivity index (χ3v) is 7.51. The molecule has 9 nitrogen and oxygen atoms in total. The number of aromatic nitrogens is 1. The zero-order valence-corrected chi connectivity index (χ0v) is 20.7. The number of thiophene rings is 1. The lowest BCUT2D eigenvalue weighted by Gasteiger charge is -2.22. The highest BCUT2D eigenvalue weighted by molar-refractivity contribution is 7.17. The Morgan fingerprint density at radius 3 is 2.03 bits per heavy atom. The van der Waals surface area contributed by atoms with Crippen molar-refractivity contribution >= 4 is 45.3 Å². The van der Waals surface area contributed by atoms with Crippen molar-refractivity contribution in [1.82, 2.24) is 15.2 Å². The summed E-state index contributed by atoms with van der Waals surface area (Å²) in [5, 5.41) is 7.69. The Hall–Kier alpha value is -2.88. The van der Waals surface area contributed by atoms with Crippen molar-refractivity contribution in [2.24, 2.45) is 0 Å². The highest BCUT2D eigenvalue weighted by Gasteiger charge is 2.23. The Bertz CT molecular complexity index is 1050. The van der Waals surface area contributed by atoms with Crippen molar-refractivity contribution in [2.45, 2.75) is 82.8 Å². The second kappa shape index (κ2) is 12.2. The molecule has 2 aromatic heterocycles. The molecule has 0 saturated heterocycles. The molecule has 0 radical (unpaired) electrons. The van der Waals surface area contributed by atoms with Crippen LogP contribution in [0.1, 0.15) is 74.7 Å². The van der Waals surface area contributed by atoms with Crippen molar-refractivity contribution in [3.8, 4) is 0 Å². The highest BCUT2D eigenvalue weighted by atomic mass is 32.1. The van der Waals surface area contributed by atoms with Gasteiger partial charge in [-0.25, -0.2) is 4.79 Å². The molecule has 0 aromatic carbocycles. The molecule has 35 heavy (non-hydrogen) atoms. The summed E-state index contributed by atoms with van der Waals surface area (Å²) in [6.07, 6.45) is 10.5. The van der Waals surface area contributed by atoms with E-state index in [-0.39, 0.29) is 49.4 Å². The summed E-state index contributed by atoms with van der Waals surface area (Å²) in [7, 11) is 0. The normalized spacial score (nSPS) is 17.1. The zero-order chi connectivity index (χ0) is 24.6. The van der Waals surface area contributed by atoms with E-state index in [4.69, 9.17) is 9.47 Å². The summed E-state index contributed by atoms with van der Waals surface area (Å²) in [6.45, 7) is -0.972. The molecule has 2 heterocycles. The molecular formula is C25H33N3O6S. The summed E-state index contributed by atoms with van der Waals surface area (Å²) < 4.78 is 12.7. The maximum absolute atomic E-state index is 12.8. The molecule has 2 aliphatic carbocycles. The van der Waals surface area contributed by atoms with E-state index < -0.39 is 11.9 Å². The van der Waals surface area contributed by atoms with Crippen molar-refractivity contribution in [3.63, 3.8) is 0 Å². The van der Waals surface area contributed by atoms with Gasteiger partial charge >= 0.3 is 11.9 Å². The molecule has 0 bridgehead atoms. The summed E-state index contributed by atoms with van der Waals surface area (Å²) in [6, 6.07) is 3.72. The first-order valence-electron chi connectivity index (χ1n) is 12.5. The summed E-state index contributed by atoms with van der Waals surface area (Å²) in [4.78, 5) is 49.6. The van der Waals surface area contributed by atoms with Gasteiger partial charge in [0.2, 0.25) is 0 Å². The van der Waals surface area contributed by atoms with Crippen LogP contribution in [0.4, 0.5) is 0 Å². The minimum atomic E-state index is -0.685. The first kappa shape index (κ1) is 25.2. The molecule has 2 aliphatic rings. The van der Waals surface area contributed by atoms with Crippen molar-refractivity contribution in [2.75, 3.05) is 13.2 Å². The van der Waals surface area contributed by atoms with Gasteiger partial charge in [-0.3, -0.25) is 14.4 Å². The van der Waals surface area contributed by atoms with Gasteiger partial charge in [0.1, 0.15) is 12.2 Å². The number of fused-ring (bicyclic) bond motifs is 1. The lowest BCUT2D eigenvalue weighted by Crippen LogP contribution is -2.39. The first-order chi connectivity index (χ1) is 17.0. The fourth-order valence-corrected chi connectivity index (χ4v) is 5.70. The van der Waals surface area contributed by atoms with E-state index >= 15 is 0 Å². The zero-order valence-electron chi connectivity index (χ0n) is 19.9. The molecule has 2 N–H and O–H groups in total. The Kier molecular flexibility index (Phi) is 8.79. The van der Waals surface area contributed by atoms with E-state index in [1.165, 1.54) is 28.7 Å². The van der Waals surface area contributed by atoms with Gasteiger partial charge in [-0.2, -0.15) is 0 Å². The average molecular weight is 504 g/mol. The predicted octanol–water partition coefficient (Wildman–Crippen LogP) is 3.30. The van der Waals surface area contributed by atoms with Crippen LogP contribution in [0, 0.1) is 0 Å². The van der Waals surface area contributed by atoms with E-state index in [0.717, 1.165) is 56.1 Å². The fraction of sp³-hybridized carbons (Fsp3) is 0.600. The molecule has 2 aromatic rings. The number of ether oxygens (including phenoxy) is 2. The molecular weight excluding hydrogens is 470 g/mol. The maximum Gasteiger partial charge on any atom is 0.355 e. The topological polar surface area (TPSA) is 116 Å². The van der Waals surface area contributed by atoms with E-state index in [1.54, 1.807) is 12.1 Å². The Labute approximate surface area is 208 Å². The number of amides is 2. The van der Waals surface area contributed by atoms with Gasteiger partial charge in [0, 0.05) is 12.1 Å². The van der Waals surface area contributed by atoms with Crippen molar-refractivity contribution < 1.29 is 28.7 Å². The molecule has 2 saturated carbocycles. The summed E-state index contributed by atoms with van der Waals surface area (Å²) in [5.74, 6) is -1.96. The summed E-state index contributed by atoms with van der Waals surface area (Å²) >= 11 is 1.43. The van der Waals surface area contributed by atoms with Crippen LogP contribution in [0.2, 0.25) is 0 Å². The van der Waals surface area contributed by atoms with Crippen LogP contribution >= 0.6 is 11.3 Å². The minimum Gasteiger partial charge on any atom is -0.454 e.